The highest BCUT2D eigenvalue weighted by molar-refractivity contribution is 4.96. The van der Waals surface area contributed by atoms with E-state index in [2.05, 4.69) is 10.0 Å². The molecular formula is C14H27N3O3. The first-order chi connectivity index (χ1) is 9.03. The quantitative estimate of drug-likeness (QED) is 0.451. The number of nitrogens with zero attached hydrogens (tertiary/aromatic N) is 3. The summed E-state index contributed by atoms with van der Waals surface area (Å²) in [7, 11) is 0. The Balaban J connectivity index is 2.83. The molecule has 0 bridgehead atoms. The predicted molar refractivity (Wildman–Crippen MR) is 77.6 cm³/mol. The number of hydrogen-bond acceptors (Lipinski definition) is 4. The number of azide groups is 1. The van der Waals surface area contributed by atoms with E-state index in [-0.39, 0.29) is 35.6 Å². The fourth-order valence-electron chi connectivity index (χ4n) is 2.16. The van der Waals surface area contributed by atoms with E-state index in [0.717, 1.165) is 0 Å². The van der Waals surface area contributed by atoms with E-state index in [1.165, 1.54) is 0 Å². The van der Waals surface area contributed by atoms with Gasteiger partial charge in [-0.2, -0.15) is 0 Å². The highest BCUT2D eigenvalue weighted by atomic mass is 16.6. The lowest BCUT2D eigenvalue weighted by atomic mass is 10.0. The highest BCUT2D eigenvalue weighted by Crippen LogP contribution is 2.30. The van der Waals surface area contributed by atoms with E-state index in [9.17, 15) is 0 Å². The molecule has 0 aromatic heterocycles. The van der Waals surface area contributed by atoms with Gasteiger partial charge in [-0.15, -0.1) is 0 Å². The fourth-order valence-corrected chi connectivity index (χ4v) is 2.16. The molecular weight excluding hydrogens is 258 g/mol. The first kappa shape index (κ1) is 17.2. The maximum absolute atomic E-state index is 8.72. The smallest absolute Gasteiger partial charge is 0.108 e. The minimum absolute atomic E-state index is 0.174. The molecule has 0 spiro atoms. The van der Waals surface area contributed by atoms with E-state index >= 15 is 0 Å². The zero-order chi connectivity index (χ0) is 15.6. The minimum atomic E-state index is -0.332. The Labute approximate surface area is 121 Å². The van der Waals surface area contributed by atoms with Crippen LogP contribution in [0.4, 0.5) is 0 Å². The van der Waals surface area contributed by atoms with Gasteiger partial charge in [0.2, 0.25) is 0 Å². The molecule has 0 aromatic carbocycles. The molecule has 116 valence electrons. The van der Waals surface area contributed by atoms with Crippen molar-refractivity contribution in [2.75, 3.05) is 6.61 Å². The molecule has 1 aliphatic heterocycles. The van der Waals surface area contributed by atoms with Gasteiger partial charge >= 0.3 is 0 Å². The molecule has 1 rings (SSSR count). The van der Waals surface area contributed by atoms with Crippen molar-refractivity contribution in [1.82, 2.24) is 0 Å². The van der Waals surface area contributed by atoms with Crippen molar-refractivity contribution >= 4 is 0 Å². The molecule has 0 amide bonds. The van der Waals surface area contributed by atoms with E-state index in [0.29, 0.717) is 6.61 Å². The summed E-state index contributed by atoms with van der Waals surface area (Å²) in [6, 6.07) is -0.326. The van der Waals surface area contributed by atoms with Crippen molar-refractivity contribution in [2.24, 2.45) is 5.11 Å². The van der Waals surface area contributed by atoms with Crippen LogP contribution in [0.15, 0.2) is 5.11 Å². The molecule has 0 N–H and O–H groups in total. The minimum Gasteiger partial charge on any atom is -0.373 e. The zero-order valence-electron chi connectivity index (χ0n) is 13.6. The Kier molecular flexibility index (Phi) is 5.44. The summed E-state index contributed by atoms with van der Waals surface area (Å²) in [5, 5.41) is 3.84. The van der Waals surface area contributed by atoms with Crippen LogP contribution in [0.1, 0.15) is 48.5 Å². The van der Waals surface area contributed by atoms with Crippen molar-refractivity contribution in [3.8, 4) is 0 Å². The van der Waals surface area contributed by atoms with Crippen LogP contribution < -0.4 is 0 Å². The Morgan fingerprint density at radius 1 is 1.15 bits per heavy atom. The monoisotopic (exact) mass is 285 g/mol. The Morgan fingerprint density at radius 2 is 1.75 bits per heavy atom. The Morgan fingerprint density at radius 3 is 2.20 bits per heavy atom. The highest BCUT2D eigenvalue weighted by Gasteiger charge is 2.45. The van der Waals surface area contributed by atoms with Crippen molar-refractivity contribution in [2.45, 2.75) is 84.0 Å². The van der Waals surface area contributed by atoms with Gasteiger partial charge in [0.25, 0.3) is 0 Å². The standard InChI is InChI=1S/C14H27N3O3/c1-9-11(16-17-15)12(20-14(5,6)7)10(19-9)8-18-13(2,3)4/h9-12H,8H2,1-7H3/t9-,10+,11+,12?/m0/s1. The summed E-state index contributed by atoms with van der Waals surface area (Å²) in [5.41, 5.74) is 8.15. The molecule has 1 aliphatic rings. The van der Waals surface area contributed by atoms with Crippen molar-refractivity contribution in [3.05, 3.63) is 10.4 Å². The van der Waals surface area contributed by atoms with Gasteiger partial charge in [0.1, 0.15) is 6.10 Å². The third kappa shape index (κ3) is 5.29. The first-order valence-electron chi connectivity index (χ1n) is 7.05. The van der Waals surface area contributed by atoms with Crippen LogP contribution in [0.2, 0.25) is 0 Å². The predicted octanol–water partition coefficient (Wildman–Crippen LogP) is 3.45. The van der Waals surface area contributed by atoms with E-state index < -0.39 is 0 Å². The van der Waals surface area contributed by atoms with Crippen LogP contribution in [0.5, 0.6) is 0 Å². The third-order valence-corrected chi connectivity index (χ3v) is 2.93. The average molecular weight is 285 g/mol. The summed E-state index contributed by atoms with van der Waals surface area (Å²) >= 11 is 0. The van der Waals surface area contributed by atoms with Gasteiger partial charge in [-0.05, 0) is 54.0 Å². The Bertz CT molecular complexity index is 367. The molecule has 0 aromatic rings. The molecule has 1 heterocycles. The molecule has 6 heteroatoms. The van der Waals surface area contributed by atoms with Gasteiger partial charge in [-0.3, -0.25) is 0 Å². The lowest BCUT2D eigenvalue weighted by Gasteiger charge is -2.31. The average Bonchev–Trinajstić information content (AvgIpc) is 2.52. The van der Waals surface area contributed by atoms with Gasteiger partial charge in [0.05, 0.1) is 36.1 Å². The first-order valence-corrected chi connectivity index (χ1v) is 7.05. The Hall–Kier alpha value is -0.810. The molecule has 6 nitrogen and oxygen atoms in total. The topological polar surface area (TPSA) is 76.5 Å². The van der Waals surface area contributed by atoms with Gasteiger partial charge < -0.3 is 14.2 Å². The fraction of sp³-hybridized carbons (Fsp3) is 1.00. The van der Waals surface area contributed by atoms with Crippen LogP contribution in [0.3, 0.4) is 0 Å². The maximum Gasteiger partial charge on any atom is 0.108 e. The van der Waals surface area contributed by atoms with Gasteiger partial charge in [-0.1, -0.05) is 5.11 Å². The van der Waals surface area contributed by atoms with Crippen molar-refractivity contribution in [1.29, 1.82) is 0 Å². The van der Waals surface area contributed by atoms with Crippen molar-refractivity contribution in [3.63, 3.8) is 0 Å². The maximum atomic E-state index is 8.72. The van der Waals surface area contributed by atoms with E-state index in [4.69, 9.17) is 19.7 Å². The normalized spacial score (nSPS) is 31.1. The van der Waals surface area contributed by atoms with Crippen LogP contribution in [0.25, 0.3) is 10.4 Å². The van der Waals surface area contributed by atoms with E-state index in [1.807, 2.05) is 48.5 Å². The lowest BCUT2D eigenvalue weighted by molar-refractivity contribution is -0.128. The number of ether oxygens (including phenoxy) is 3. The van der Waals surface area contributed by atoms with Crippen LogP contribution in [-0.4, -0.2) is 42.2 Å². The molecule has 0 saturated carbocycles. The number of rotatable bonds is 4. The molecule has 0 aliphatic carbocycles. The second kappa shape index (κ2) is 6.31. The summed E-state index contributed by atoms with van der Waals surface area (Å²) in [5.74, 6) is 0. The molecule has 1 unspecified atom stereocenters. The molecule has 1 fully saturated rings. The van der Waals surface area contributed by atoms with Crippen molar-refractivity contribution < 1.29 is 14.2 Å². The van der Waals surface area contributed by atoms with Crippen LogP contribution in [-0.2, 0) is 14.2 Å². The molecule has 0 radical (unpaired) electrons. The second-order valence-electron chi connectivity index (χ2n) is 7.19. The van der Waals surface area contributed by atoms with Gasteiger partial charge in [0, 0.05) is 4.91 Å². The van der Waals surface area contributed by atoms with E-state index in [1.54, 1.807) is 0 Å². The molecule has 1 saturated heterocycles. The molecule has 4 atom stereocenters. The van der Waals surface area contributed by atoms with Gasteiger partial charge in [-0.25, -0.2) is 0 Å². The third-order valence-electron chi connectivity index (χ3n) is 2.93. The lowest BCUT2D eigenvalue weighted by Crippen LogP contribution is -2.42. The summed E-state index contributed by atoms with van der Waals surface area (Å²) in [4.78, 5) is 2.92. The number of hydrogen-bond donors (Lipinski definition) is 0. The molecule has 20 heavy (non-hydrogen) atoms. The van der Waals surface area contributed by atoms with Gasteiger partial charge in [0.15, 0.2) is 0 Å². The van der Waals surface area contributed by atoms with Crippen LogP contribution >= 0.6 is 0 Å². The SMILES string of the molecule is C[C@@H]1O[C@H](COC(C)(C)C)C(OC(C)(C)C)[C@@H]1N=[N+]=[N-]. The largest absolute Gasteiger partial charge is 0.373 e. The summed E-state index contributed by atoms with van der Waals surface area (Å²) in [6.45, 7) is 14.2. The zero-order valence-corrected chi connectivity index (χ0v) is 13.6. The second-order valence-corrected chi connectivity index (χ2v) is 7.19. The summed E-state index contributed by atoms with van der Waals surface area (Å²) in [6.07, 6.45) is -0.686. The van der Waals surface area contributed by atoms with Crippen LogP contribution in [0, 0.1) is 0 Å². The summed E-state index contributed by atoms with van der Waals surface area (Å²) < 4.78 is 17.7.